The fourth-order valence-electron chi connectivity index (χ4n) is 6.79. The van der Waals surface area contributed by atoms with E-state index in [1.165, 1.54) is 24.3 Å². The topological polar surface area (TPSA) is 110 Å². The maximum absolute atomic E-state index is 14.7. The van der Waals surface area contributed by atoms with Gasteiger partial charge >= 0.3 is 0 Å². The highest BCUT2D eigenvalue weighted by molar-refractivity contribution is 6.12. The van der Waals surface area contributed by atoms with Crippen molar-refractivity contribution in [2.24, 2.45) is 5.92 Å². The lowest BCUT2D eigenvalue weighted by Gasteiger charge is -2.35. The highest BCUT2D eigenvalue weighted by atomic mass is 16.6. The van der Waals surface area contributed by atoms with Crippen LogP contribution in [0.4, 0.5) is 11.4 Å². The van der Waals surface area contributed by atoms with Crippen molar-refractivity contribution in [3.05, 3.63) is 142 Å². The number of rotatable bonds is 6. The summed E-state index contributed by atoms with van der Waals surface area (Å²) in [5, 5.41) is 19.4. The van der Waals surface area contributed by atoms with Crippen LogP contribution in [-0.2, 0) is 10.3 Å². The van der Waals surface area contributed by atoms with E-state index in [2.05, 4.69) is 5.32 Å². The number of anilines is 1. The van der Waals surface area contributed by atoms with E-state index in [0.29, 0.717) is 17.8 Å². The number of non-ortho nitro benzene ring substituents is 1. The lowest BCUT2D eigenvalue weighted by atomic mass is 9.70. The molecule has 9 nitrogen and oxygen atoms in total. The van der Waals surface area contributed by atoms with Crippen molar-refractivity contribution >= 4 is 23.1 Å². The Labute approximate surface area is 247 Å². The van der Waals surface area contributed by atoms with E-state index >= 15 is 0 Å². The molecule has 212 valence electrons. The van der Waals surface area contributed by atoms with Gasteiger partial charge in [-0.25, -0.2) is 4.68 Å². The van der Waals surface area contributed by atoms with Gasteiger partial charge in [-0.05, 0) is 37.4 Å². The number of hydrogen-bond acceptors (Lipinski definition) is 6. The predicted octanol–water partition coefficient (Wildman–Crippen LogP) is 5.82. The van der Waals surface area contributed by atoms with E-state index in [4.69, 9.17) is 5.10 Å². The van der Waals surface area contributed by atoms with E-state index in [1.807, 2.05) is 108 Å². The molecule has 1 saturated heterocycles. The number of nitro benzene ring substituents is 1. The molecule has 1 N–H and O–H groups in total. The smallest absolute Gasteiger partial charge is 0.269 e. The van der Waals surface area contributed by atoms with Crippen LogP contribution in [0.25, 0.3) is 16.9 Å². The fraction of sp³-hybridized carbons (Fsp3) is 0.147. The predicted molar refractivity (Wildman–Crippen MR) is 162 cm³/mol. The van der Waals surface area contributed by atoms with Crippen molar-refractivity contribution in [1.82, 2.24) is 14.7 Å². The summed E-state index contributed by atoms with van der Waals surface area (Å²) in [7, 11) is 1.88. The van der Waals surface area contributed by atoms with Crippen molar-refractivity contribution in [3.8, 4) is 16.9 Å². The van der Waals surface area contributed by atoms with Crippen molar-refractivity contribution in [2.75, 3.05) is 18.9 Å². The van der Waals surface area contributed by atoms with Crippen molar-refractivity contribution in [3.63, 3.8) is 0 Å². The first-order chi connectivity index (χ1) is 20.9. The number of carbonyl (C=O) groups excluding carboxylic acids is 2. The molecule has 43 heavy (non-hydrogen) atoms. The van der Waals surface area contributed by atoms with Crippen LogP contribution in [0.1, 0.15) is 27.4 Å². The lowest BCUT2D eigenvalue weighted by molar-refractivity contribution is -0.384. The number of nitro groups is 1. The van der Waals surface area contributed by atoms with Crippen LogP contribution in [0, 0.1) is 16.0 Å². The molecule has 4 aromatic carbocycles. The third kappa shape index (κ3) is 4.08. The lowest BCUT2D eigenvalue weighted by Crippen LogP contribution is -2.51. The molecule has 9 heteroatoms. The number of likely N-dealkylation sites (N-methyl/N-ethyl adjacent to an activating group) is 1. The number of hydrogen-bond donors (Lipinski definition) is 1. The molecule has 0 saturated carbocycles. The normalized spacial score (nSPS) is 21.1. The molecule has 0 aliphatic carbocycles. The molecule has 0 unspecified atom stereocenters. The van der Waals surface area contributed by atoms with Crippen LogP contribution in [0.3, 0.4) is 0 Å². The number of nitrogens with one attached hydrogen (secondary N) is 1. The first kappa shape index (κ1) is 26.5. The second kappa shape index (κ2) is 10.1. The molecule has 3 heterocycles. The Morgan fingerprint density at radius 1 is 0.930 bits per heavy atom. The van der Waals surface area contributed by atoms with Gasteiger partial charge in [0, 0.05) is 58.7 Å². The van der Waals surface area contributed by atoms with Crippen molar-refractivity contribution in [1.29, 1.82) is 0 Å². The first-order valence-corrected chi connectivity index (χ1v) is 14.0. The average Bonchev–Trinajstić information content (AvgIpc) is 3.70. The molecule has 1 spiro atoms. The summed E-state index contributed by atoms with van der Waals surface area (Å²) >= 11 is 0. The molecule has 2 aliphatic heterocycles. The summed E-state index contributed by atoms with van der Waals surface area (Å²) in [5.41, 5.74) is 3.66. The number of nitrogens with zero attached hydrogens (tertiary/aromatic N) is 4. The number of aromatic nitrogens is 2. The summed E-state index contributed by atoms with van der Waals surface area (Å²) < 4.78 is 1.82. The molecule has 1 aromatic heterocycles. The molecule has 0 radical (unpaired) electrons. The Morgan fingerprint density at radius 2 is 1.58 bits per heavy atom. The SMILES string of the molecule is CN1C[C@@H](c2cn(-c3ccccc3)nc2-c2ccccc2)[C@H](C(=O)c2ccc([N+](=O)[O-])cc2)[C@@]12C(=O)Nc1ccccc12. The quantitative estimate of drug-likeness (QED) is 0.157. The monoisotopic (exact) mass is 569 g/mol. The van der Waals surface area contributed by atoms with E-state index in [0.717, 1.165) is 28.1 Å². The second-order valence-corrected chi connectivity index (χ2v) is 11.0. The van der Waals surface area contributed by atoms with Crippen molar-refractivity contribution < 1.29 is 14.5 Å². The molecule has 2 aliphatic rings. The third-order valence-electron chi connectivity index (χ3n) is 8.71. The van der Waals surface area contributed by atoms with Crippen LogP contribution < -0.4 is 5.32 Å². The van der Waals surface area contributed by atoms with Gasteiger partial charge in [-0.2, -0.15) is 5.10 Å². The highest BCUT2D eigenvalue weighted by Crippen LogP contribution is 2.56. The molecule has 3 atom stereocenters. The Kier molecular flexibility index (Phi) is 6.25. The van der Waals surface area contributed by atoms with Gasteiger partial charge in [0.1, 0.15) is 5.54 Å². The van der Waals surface area contributed by atoms with Gasteiger partial charge in [0.05, 0.1) is 22.2 Å². The Balaban J connectivity index is 1.45. The number of amides is 1. The summed E-state index contributed by atoms with van der Waals surface area (Å²) in [6, 6.07) is 32.7. The zero-order valence-electron chi connectivity index (χ0n) is 23.3. The molecule has 1 fully saturated rings. The number of ketones is 1. The number of benzene rings is 4. The van der Waals surface area contributed by atoms with E-state index < -0.39 is 22.3 Å². The van der Waals surface area contributed by atoms with Gasteiger partial charge in [-0.1, -0.05) is 66.7 Å². The highest BCUT2D eigenvalue weighted by Gasteiger charge is 2.64. The number of fused-ring (bicyclic) bond motifs is 2. The molecule has 5 aromatic rings. The van der Waals surface area contributed by atoms with Crippen LogP contribution in [0.15, 0.2) is 115 Å². The number of Topliss-reactive ketones (excluding diaryl/α,β-unsaturated/α-hetero) is 1. The summed E-state index contributed by atoms with van der Waals surface area (Å²) in [5.74, 6) is -1.81. The Bertz CT molecular complexity index is 1870. The Hall–Kier alpha value is -5.41. The van der Waals surface area contributed by atoms with Gasteiger partial charge in [-0.3, -0.25) is 24.6 Å². The maximum Gasteiger partial charge on any atom is 0.269 e. The number of likely N-dealkylation sites (tertiary alicyclic amines) is 1. The van der Waals surface area contributed by atoms with Gasteiger partial charge in [-0.15, -0.1) is 0 Å². The minimum absolute atomic E-state index is 0.106. The second-order valence-electron chi connectivity index (χ2n) is 11.0. The summed E-state index contributed by atoms with van der Waals surface area (Å²) in [6.07, 6.45) is 1.96. The van der Waals surface area contributed by atoms with Gasteiger partial charge in [0.15, 0.2) is 5.78 Å². The van der Waals surface area contributed by atoms with Crippen LogP contribution in [-0.4, -0.2) is 44.9 Å². The van der Waals surface area contributed by atoms with E-state index in [1.54, 1.807) is 0 Å². The Morgan fingerprint density at radius 3 is 2.28 bits per heavy atom. The largest absolute Gasteiger partial charge is 0.324 e. The fourth-order valence-corrected chi connectivity index (χ4v) is 6.79. The molecule has 7 rings (SSSR count). The minimum Gasteiger partial charge on any atom is -0.324 e. The molecular formula is C34H27N5O4. The maximum atomic E-state index is 14.7. The third-order valence-corrected chi connectivity index (χ3v) is 8.71. The minimum atomic E-state index is -1.29. The molecule has 0 bridgehead atoms. The molecular weight excluding hydrogens is 542 g/mol. The van der Waals surface area contributed by atoms with Gasteiger partial charge < -0.3 is 5.32 Å². The van der Waals surface area contributed by atoms with Crippen LogP contribution >= 0.6 is 0 Å². The number of para-hydroxylation sites is 2. The zero-order valence-corrected chi connectivity index (χ0v) is 23.3. The van der Waals surface area contributed by atoms with Crippen LogP contribution in [0.5, 0.6) is 0 Å². The number of carbonyl (C=O) groups is 2. The van der Waals surface area contributed by atoms with Crippen molar-refractivity contribution in [2.45, 2.75) is 11.5 Å². The average molecular weight is 570 g/mol. The standard InChI is InChI=1S/C34H27N5O4/c1-37-20-26(27-21-38(24-12-6-3-7-13-24)36-31(27)22-10-4-2-5-11-22)30(32(40)23-16-18-25(19-17-23)39(42)43)34(37)28-14-8-9-15-29(28)35-33(34)41/h2-19,21,26,30H,20H2,1H3,(H,35,41)/t26-,30+,34-/m0/s1. The summed E-state index contributed by atoms with van der Waals surface area (Å²) in [6.45, 7) is 0.408. The van der Waals surface area contributed by atoms with E-state index in [-0.39, 0.29) is 17.4 Å². The van der Waals surface area contributed by atoms with Crippen LogP contribution in [0.2, 0.25) is 0 Å². The molecule has 1 amide bonds. The van der Waals surface area contributed by atoms with Gasteiger partial charge in [0.2, 0.25) is 5.91 Å². The van der Waals surface area contributed by atoms with Gasteiger partial charge in [0.25, 0.3) is 5.69 Å². The van der Waals surface area contributed by atoms with E-state index in [9.17, 15) is 19.7 Å². The first-order valence-electron chi connectivity index (χ1n) is 14.0. The summed E-state index contributed by atoms with van der Waals surface area (Å²) in [4.78, 5) is 41.6. The zero-order chi connectivity index (χ0) is 29.7.